The lowest BCUT2D eigenvalue weighted by molar-refractivity contribution is -0.137. The number of imide groups is 1. The number of carboxylic acid groups (broad SMARTS) is 1. The normalized spacial score (nSPS) is 14.4. The van der Waals surface area contributed by atoms with Crippen LogP contribution >= 0.6 is 11.6 Å². The van der Waals surface area contributed by atoms with Crippen LogP contribution in [-0.2, 0) is 9.59 Å². The number of rotatable bonds is 5. The summed E-state index contributed by atoms with van der Waals surface area (Å²) in [6, 6.07) is 4.25. The molecule has 7 nitrogen and oxygen atoms in total. The molecule has 0 radical (unpaired) electrons. The van der Waals surface area contributed by atoms with Crippen LogP contribution in [0.3, 0.4) is 0 Å². The van der Waals surface area contributed by atoms with Crippen molar-refractivity contribution in [3.05, 3.63) is 40.6 Å². The van der Waals surface area contributed by atoms with Gasteiger partial charge in [0.05, 0.1) is 29.4 Å². The first-order chi connectivity index (χ1) is 9.95. The van der Waals surface area contributed by atoms with Gasteiger partial charge in [-0.1, -0.05) is 17.7 Å². The lowest BCUT2D eigenvalue weighted by Crippen LogP contribution is -2.34. The van der Waals surface area contributed by atoms with Crippen LogP contribution in [0.5, 0.6) is 0 Å². The van der Waals surface area contributed by atoms with E-state index in [0.29, 0.717) is 0 Å². The van der Waals surface area contributed by atoms with E-state index in [1.807, 2.05) is 0 Å². The molecule has 21 heavy (non-hydrogen) atoms. The summed E-state index contributed by atoms with van der Waals surface area (Å²) in [6.45, 7) is -0.487. The second-order valence-corrected chi connectivity index (χ2v) is 4.58. The lowest BCUT2D eigenvalue weighted by atomic mass is 10.1. The molecule has 0 saturated heterocycles. The van der Waals surface area contributed by atoms with Gasteiger partial charge in [-0.2, -0.15) is 0 Å². The van der Waals surface area contributed by atoms with Gasteiger partial charge in [0.2, 0.25) is 0 Å². The Bertz CT molecular complexity index is 656. The van der Waals surface area contributed by atoms with Crippen molar-refractivity contribution in [3.8, 4) is 0 Å². The topological polar surface area (TPSA) is 107 Å². The molecule has 1 aromatic carbocycles. The molecule has 2 rings (SSSR count). The van der Waals surface area contributed by atoms with E-state index in [1.165, 1.54) is 18.2 Å². The van der Waals surface area contributed by atoms with Crippen LogP contribution < -0.4 is 5.32 Å². The van der Waals surface area contributed by atoms with E-state index >= 15 is 0 Å². The number of anilines is 1. The van der Waals surface area contributed by atoms with E-state index in [9.17, 15) is 14.4 Å². The fourth-order valence-corrected chi connectivity index (χ4v) is 2.10. The van der Waals surface area contributed by atoms with Crippen molar-refractivity contribution in [2.45, 2.75) is 0 Å². The molecular weight excluding hydrogens is 300 g/mol. The average Bonchev–Trinajstić information content (AvgIpc) is 2.69. The van der Waals surface area contributed by atoms with Crippen molar-refractivity contribution in [3.63, 3.8) is 0 Å². The highest BCUT2D eigenvalue weighted by Crippen LogP contribution is 2.28. The predicted octanol–water partition coefficient (Wildman–Crippen LogP) is 0.695. The van der Waals surface area contributed by atoms with Crippen molar-refractivity contribution in [2.24, 2.45) is 0 Å². The Balaban J connectivity index is 2.32. The van der Waals surface area contributed by atoms with Crippen molar-refractivity contribution < 1.29 is 24.6 Å². The number of nitrogens with zero attached hydrogens (tertiary/aromatic N) is 1. The molecule has 1 aliphatic heterocycles. The molecule has 0 unspecified atom stereocenters. The SMILES string of the molecule is O=C(O)c1cccc(Cl)c1NC1=CC(=O)N(CCO)C1=O. The largest absolute Gasteiger partial charge is 0.478 e. The van der Waals surface area contributed by atoms with Crippen molar-refractivity contribution in [2.75, 3.05) is 18.5 Å². The van der Waals surface area contributed by atoms with Gasteiger partial charge in [-0.25, -0.2) is 4.79 Å². The van der Waals surface area contributed by atoms with Crippen LogP contribution in [0.1, 0.15) is 10.4 Å². The minimum Gasteiger partial charge on any atom is -0.478 e. The highest BCUT2D eigenvalue weighted by molar-refractivity contribution is 6.34. The number of hydrogen-bond donors (Lipinski definition) is 3. The van der Waals surface area contributed by atoms with Crippen molar-refractivity contribution in [1.29, 1.82) is 0 Å². The van der Waals surface area contributed by atoms with Gasteiger partial charge < -0.3 is 15.5 Å². The van der Waals surface area contributed by atoms with Crippen LogP contribution in [0.25, 0.3) is 0 Å². The fourth-order valence-electron chi connectivity index (χ4n) is 1.87. The van der Waals surface area contributed by atoms with Gasteiger partial charge in [-0.05, 0) is 12.1 Å². The quantitative estimate of drug-likeness (QED) is 0.691. The molecule has 8 heteroatoms. The monoisotopic (exact) mass is 310 g/mol. The standard InChI is InChI=1S/C13H11ClN2O5/c14-8-3-1-2-7(13(20)21)11(8)15-9-6-10(18)16(4-5-17)12(9)19/h1-3,6,15,17H,4-5H2,(H,20,21). The molecule has 0 saturated carbocycles. The number of carbonyl (C=O) groups excluding carboxylic acids is 2. The van der Waals surface area contributed by atoms with Gasteiger partial charge in [0.15, 0.2) is 0 Å². The minimum absolute atomic E-state index is 0.0323. The Hall–Kier alpha value is -2.38. The minimum atomic E-state index is -1.22. The second kappa shape index (κ2) is 5.94. The summed E-state index contributed by atoms with van der Waals surface area (Å²) in [4.78, 5) is 35.6. The third kappa shape index (κ3) is 2.88. The molecule has 2 amide bonds. The summed E-state index contributed by atoms with van der Waals surface area (Å²) >= 11 is 5.93. The van der Waals surface area contributed by atoms with Crippen LogP contribution in [-0.4, -0.2) is 46.0 Å². The summed E-state index contributed by atoms with van der Waals surface area (Å²) in [7, 11) is 0. The van der Waals surface area contributed by atoms with Gasteiger partial charge in [-0.15, -0.1) is 0 Å². The van der Waals surface area contributed by atoms with Gasteiger partial charge in [0.1, 0.15) is 5.70 Å². The number of para-hydroxylation sites is 1. The maximum atomic E-state index is 12.0. The van der Waals surface area contributed by atoms with E-state index < -0.39 is 17.8 Å². The van der Waals surface area contributed by atoms with Crippen LogP contribution in [0, 0.1) is 0 Å². The fraction of sp³-hybridized carbons (Fsp3) is 0.154. The summed E-state index contributed by atoms with van der Waals surface area (Å²) in [5.41, 5.74) is -0.182. The van der Waals surface area contributed by atoms with E-state index in [2.05, 4.69) is 5.32 Å². The molecule has 110 valence electrons. The Morgan fingerprint density at radius 3 is 2.67 bits per heavy atom. The number of aliphatic hydroxyl groups excluding tert-OH is 1. The Morgan fingerprint density at radius 1 is 1.33 bits per heavy atom. The van der Waals surface area contributed by atoms with Crippen molar-refractivity contribution >= 4 is 35.1 Å². The number of carbonyl (C=O) groups is 3. The average molecular weight is 311 g/mol. The smallest absolute Gasteiger partial charge is 0.337 e. The number of nitrogens with one attached hydrogen (secondary N) is 1. The predicted molar refractivity (Wildman–Crippen MR) is 73.9 cm³/mol. The first kappa shape index (κ1) is 15.0. The molecule has 0 atom stereocenters. The number of aromatic carboxylic acids is 1. The van der Waals surface area contributed by atoms with Gasteiger partial charge in [0.25, 0.3) is 11.8 Å². The van der Waals surface area contributed by atoms with Crippen LogP contribution in [0.15, 0.2) is 30.0 Å². The number of β-amino-alcohol motifs (C(OH)–C–C–N with tert-alkyl or cyclic N) is 1. The van der Waals surface area contributed by atoms with E-state index in [0.717, 1.165) is 11.0 Å². The van der Waals surface area contributed by atoms with Gasteiger partial charge in [-0.3, -0.25) is 14.5 Å². The maximum Gasteiger partial charge on any atom is 0.337 e. The molecule has 0 spiro atoms. The third-order valence-electron chi connectivity index (χ3n) is 2.84. The molecule has 1 aliphatic rings. The zero-order valence-electron chi connectivity index (χ0n) is 10.7. The third-order valence-corrected chi connectivity index (χ3v) is 3.15. The van der Waals surface area contributed by atoms with Gasteiger partial charge >= 0.3 is 5.97 Å². The Labute approximate surface area is 124 Å². The molecule has 0 aliphatic carbocycles. The van der Waals surface area contributed by atoms with E-state index in [1.54, 1.807) is 0 Å². The molecule has 1 heterocycles. The Morgan fingerprint density at radius 2 is 2.05 bits per heavy atom. The summed E-state index contributed by atoms with van der Waals surface area (Å²) in [5.74, 6) is -2.45. The molecule has 0 aromatic heterocycles. The number of carboxylic acids is 1. The van der Waals surface area contributed by atoms with Crippen LogP contribution in [0.2, 0.25) is 5.02 Å². The molecule has 1 aromatic rings. The van der Waals surface area contributed by atoms with Gasteiger partial charge in [0, 0.05) is 6.08 Å². The van der Waals surface area contributed by atoms with Crippen LogP contribution in [0.4, 0.5) is 5.69 Å². The molecule has 0 fully saturated rings. The number of hydrogen-bond acceptors (Lipinski definition) is 5. The first-order valence-electron chi connectivity index (χ1n) is 5.93. The summed E-state index contributed by atoms with van der Waals surface area (Å²) < 4.78 is 0. The van der Waals surface area contributed by atoms with E-state index in [4.69, 9.17) is 21.8 Å². The van der Waals surface area contributed by atoms with Crippen molar-refractivity contribution in [1.82, 2.24) is 4.90 Å². The number of amides is 2. The Kier molecular flexibility index (Phi) is 4.25. The highest BCUT2D eigenvalue weighted by Gasteiger charge is 2.31. The zero-order chi connectivity index (χ0) is 15.6. The first-order valence-corrected chi connectivity index (χ1v) is 6.30. The number of benzene rings is 1. The number of halogens is 1. The molecule has 3 N–H and O–H groups in total. The maximum absolute atomic E-state index is 12.0. The zero-order valence-corrected chi connectivity index (χ0v) is 11.4. The summed E-state index contributed by atoms with van der Waals surface area (Å²) in [6.07, 6.45) is 1.03. The number of aliphatic hydroxyl groups is 1. The highest BCUT2D eigenvalue weighted by atomic mass is 35.5. The van der Waals surface area contributed by atoms with E-state index in [-0.39, 0.29) is 35.1 Å². The molecular formula is C13H11ClN2O5. The summed E-state index contributed by atoms with van der Waals surface area (Å²) in [5, 5.41) is 20.6. The molecule has 0 bridgehead atoms. The lowest BCUT2D eigenvalue weighted by Gasteiger charge is -2.15. The second-order valence-electron chi connectivity index (χ2n) is 4.17.